The average molecular weight is 223 g/mol. The molecule has 3 N–H and O–H groups in total. The first-order valence-corrected chi connectivity index (χ1v) is 3.94. The Morgan fingerprint density at radius 1 is 1.75 bits per heavy atom. The van der Waals surface area contributed by atoms with Gasteiger partial charge in [0.2, 0.25) is 0 Å². The zero-order valence-electron chi connectivity index (χ0n) is 8.43. The molecule has 0 aromatic carbocycles. The molecule has 0 aliphatic carbocycles. The van der Waals surface area contributed by atoms with Gasteiger partial charge < -0.3 is 18.0 Å². The topological polar surface area (TPSA) is 110 Å². The molecule has 0 heterocycles. The molecular weight excluding hydrogens is 213 g/mol. The molecule has 6 nitrogen and oxygen atoms in total. The number of aliphatic carboxylic acids is 1. The number of aliphatic hydroxyl groups is 1. The van der Waals surface area contributed by atoms with Crippen molar-refractivity contribution in [1.82, 2.24) is 5.09 Å². The van der Waals surface area contributed by atoms with Crippen LogP contribution in [0.1, 0.15) is 9.78 Å². The maximum atomic E-state index is 10.2. The van der Waals surface area contributed by atoms with E-state index in [4.69, 9.17) is 10.2 Å². The van der Waals surface area contributed by atoms with E-state index in [2.05, 4.69) is 0 Å². The van der Waals surface area contributed by atoms with Gasteiger partial charge in [-0.2, -0.15) is 0 Å². The molecule has 3 atom stereocenters. The van der Waals surface area contributed by atoms with E-state index < -0.39 is 26.3 Å². The molecule has 68 valence electrons. The van der Waals surface area contributed by atoms with Crippen molar-refractivity contribution in [2.45, 2.75) is 19.1 Å². The van der Waals surface area contributed by atoms with Gasteiger partial charge in [0.1, 0.15) is 0 Å². The van der Waals surface area contributed by atoms with Crippen molar-refractivity contribution in [3.05, 3.63) is 0 Å². The number of nitrogens with one attached hydrogen (secondary N) is 1. The summed E-state index contributed by atoms with van der Waals surface area (Å²) in [6.07, 6.45) is -1.25. The van der Waals surface area contributed by atoms with Crippen molar-refractivity contribution < 1.29 is 27.3 Å². The van der Waals surface area contributed by atoms with Crippen LogP contribution < -0.4 is 9.98 Å². The zero-order chi connectivity index (χ0) is 9.02. The van der Waals surface area contributed by atoms with Crippen molar-refractivity contribution in [2.24, 2.45) is 0 Å². The first-order valence-electron chi connectivity index (χ1n) is 2.76. The second-order valence-electron chi connectivity index (χ2n) is 1.94. The fourth-order valence-electron chi connectivity index (χ4n) is 0.483. The molecule has 0 aromatic heterocycles. The van der Waals surface area contributed by atoms with E-state index in [9.17, 15) is 14.3 Å². The van der Waals surface area contributed by atoms with E-state index >= 15 is 0 Å². The van der Waals surface area contributed by atoms with Gasteiger partial charge in [0.15, 0.2) is 6.04 Å². The van der Waals surface area contributed by atoms with Gasteiger partial charge in [0, 0.05) is 0 Å². The summed E-state index contributed by atoms with van der Waals surface area (Å²) < 4.78 is 9.97. The molecule has 0 radical (unpaired) electrons. The Hall–Kier alpha value is 0.710. The minimum absolute atomic E-state index is 0. The molecule has 0 rings (SSSR count). The quantitative estimate of drug-likeness (QED) is 0.386. The predicted octanol–water partition coefficient (Wildman–Crippen LogP) is -1.73. The van der Waals surface area contributed by atoms with E-state index in [-0.39, 0.29) is 40.6 Å². The summed E-state index contributed by atoms with van der Waals surface area (Å²) in [4.78, 5) is 20.2. The Kier molecular flexibility index (Phi) is 9.05. The van der Waals surface area contributed by atoms with Gasteiger partial charge in [0.05, 0.1) is 6.10 Å². The summed E-state index contributed by atoms with van der Waals surface area (Å²) >= 11 is 0. The zero-order valence-corrected chi connectivity index (χ0v) is 9.53. The normalized spacial score (nSPS) is 15.8. The van der Waals surface area contributed by atoms with Crippen LogP contribution >= 0.6 is 8.18 Å². The van der Waals surface area contributed by atoms with E-state index in [0.29, 0.717) is 0 Å². The summed E-state index contributed by atoms with van der Waals surface area (Å²) in [5.41, 5.74) is 0. The van der Waals surface area contributed by atoms with E-state index in [1.54, 1.807) is 5.09 Å². The van der Waals surface area contributed by atoms with E-state index in [1.807, 2.05) is 0 Å². The number of carboxylic acid groups (broad SMARTS) is 1. The number of aliphatic hydroxyl groups excluding tert-OH is 1. The van der Waals surface area contributed by atoms with Crippen LogP contribution in [-0.4, -0.2) is 66.1 Å². The van der Waals surface area contributed by atoms with Crippen LogP contribution in [0.4, 0.5) is 0 Å². The SMILES string of the molecule is CC(O)C(N[P+](=O)[O-])C(=O)O.[Ca+2].[H-].[H-]. The molecule has 0 aliphatic rings. The number of hydrogen-bond donors (Lipinski definition) is 3. The Morgan fingerprint density at radius 2 is 2.17 bits per heavy atom. The molecule has 8 heteroatoms. The van der Waals surface area contributed by atoms with Gasteiger partial charge in [-0.25, -0.2) is 0 Å². The minimum Gasteiger partial charge on any atom is -1.00 e. The number of hydrogen-bond acceptors (Lipinski definition) is 4. The van der Waals surface area contributed by atoms with Gasteiger partial charge in [-0.3, -0.25) is 4.79 Å². The van der Waals surface area contributed by atoms with Crippen molar-refractivity contribution in [2.75, 3.05) is 0 Å². The second-order valence-corrected chi connectivity index (χ2v) is 2.72. The summed E-state index contributed by atoms with van der Waals surface area (Å²) in [6.45, 7) is 1.19. The maximum Gasteiger partial charge on any atom is 2.00 e. The van der Waals surface area contributed by atoms with Crippen LogP contribution in [0, 0.1) is 0 Å². The smallest absolute Gasteiger partial charge is 1.00 e. The number of rotatable bonds is 4. The van der Waals surface area contributed by atoms with E-state index in [0.717, 1.165) is 0 Å². The molecule has 0 bridgehead atoms. The van der Waals surface area contributed by atoms with Crippen LogP contribution in [0.15, 0.2) is 0 Å². The van der Waals surface area contributed by atoms with Crippen molar-refractivity contribution in [3.8, 4) is 0 Å². The Balaban J connectivity index is -0.000000167. The summed E-state index contributed by atoms with van der Waals surface area (Å²) in [5, 5.41) is 18.7. The summed E-state index contributed by atoms with van der Waals surface area (Å²) in [6, 6.07) is -1.46. The van der Waals surface area contributed by atoms with Crippen LogP contribution in [0.2, 0.25) is 0 Å². The monoisotopic (exact) mass is 223 g/mol. The van der Waals surface area contributed by atoms with E-state index in [1.165, 1.54) is 6.92 Å². The van der Waals surface area contributed by atoms with Gasteiger partial charge in [-0.05, 0) is 6.92 Å². The van der Waals surface area contributed by atoms with Crippen LogP contribution in [0.25, 0.3) is 0 Å². The predicted molar refractivity (Wildman–Crippen MR) is 41.8 cm³/mol. The number of carbonyl (C=O) groups is 1. The van der Waals surface area contributed by atoms with Crippen LogP contribution in [0.5, 0.6) is 0 Å². The molecule has 3 unspecified atom stereocenters. The standard InChI is InChI=1S/C4H8NO5P.Ca.2H/c1-2(6)3(4(7)8)5-11(9)10;;;/h2-3,6H,1H3,(H,7,8)(H,5,9,10);;;/q;+2;2*-1. The second kappa shape index (κ2) is 7.15. The number of carboxylic acids is 1. The van der Waals surface area contributed by atoms with Gasteiger partial charge in [-0.15, -0.1) is 0 Å². The third-order valence-electron chi connectivity index (χ3n) is 0.993. The molecule has 12 heavy (non-hydrogen) atoms. The molecule has 0 saturated carbocycles. The van der Waals surface area contributed by atoms with Gasteiger partial charge in [0.25, 0.3) is 0 Å². The maximum absolute atomic E-state index is 10.2. The first-order chi connectivity index (χ1) is 4.95. The van der Waals surface area contributed by atoms with Crippen molar-refractivity contribution >= 4 is 51.9 Å². The Bertz CT molecular complexity index is 183. The van der Waals surface area contributed by atoms with Gasteiger partial charge in [-0.1, -0.05) is 9.65 Å². The minimum atomic E-state index is -3.00. The Morgan fingerprint density at radius 3 is 2.25 bits per heavy atom. The fraction of sp³-hybridized carbons (Fsp3) is 0.750. The molecule has 0 saturated heterocycles. The average Bonchev–Trinajstić information content (AvgIpc) is 1.81. The molecular formula is C4H10CaNO5P. The third kappa shape index (κ3) is 6.25. The third-order valence-corrected chi connectivity index (χ3v) is 1.48. The largest absolute Gasteiger partial charge is 2.00 e. The summed E-state index contributed by atoms with van der Waals surface area (Å²) in [5.74, 6) is -1.40. The first kappa shape index (κ1) is 15.2. The fourth-order valence-corrected chi connectivity index (χ4v) is 1.04. The molecule has 0 aliphatic heterocycles. The molecule has 0 amide bonds. The molecule has 0 spiro atoms. The Labute approximate surface area is 103 Å². The molecule has 0 fully saturated rings. The van der Waals surface area contributed by atoms with Gasteiger partial charge >= 0.3 is 51.9 Å². The molecule has 0 aromatic rings. The van der Waals surface area contributed by atoms with Crippen molar-refractivity contribution in [1.29, 1.82) is 0 Å². The summed E-state index contributed by atoms with van der Waals surface area (Å²) in [7, 11) is -3.00. The van der Waals surface area contributed by atoms with Crippen LogP contribution in [0.3, 0.4) is 0 Å². The van der Waals surface area contributed by atoms with Crippen molar-refractivity contribution in [3.63, 3.8) is 0 Å². The van der Waals surface area contributed by atoms with Crippen LogP contribution in [-0.2, 0) is 9.36 Å².